The minimum Gasteiger partial charge on any atom is -0.443 e. The Morgan fingerprint density at radius 2 is 2.11 bits per heavy atom. The molecule has 1 N–H and O–H groups in total. The van der Waals surface area contributed by atoms with E-state index in [-0.39, 0.29) is 0 Å². The molecule has 96 valence electrons. The second kappa shape index (κ2) is 5.40. The van der Waals surface area contributed by atoms with Crippen molar-refractivity contribution in [3.8, 4) is 0 Å². The number of anilines is 1. The van der Waals surface area contributed by atoms with E-state index in [9.17, 15) is 0 Å². The Morgan fingerprint density at radius 1 is 1.16 bits per heavy atom. The van der Waals surface area contributed by atoms with Gasteiger partial charge in [0.25, 0.3) is 0 Å². The van der Waals surface area contributed by atoms with Crippen LogP contribution in [-0.4, -0.2) is 16.5 Å². The van der Waals surface area contributed by atoms with Crippen molar-refractivity contribution in [3.05, 3.63) is 53.0 Å². The van der Waals surface area contributed by atoms with Crippen LogP contribution in [0.4, 0.5) is 5.82 Å². The summed E-state index contributed by atoms with van der Waals surface area (Å²) in [7, 11) is 0. The molecule has 0 aliphatic rings. The first kappa shape index (κ1) is 12.2. The minimum absolute atomic E-state index is 0.828. The Bertz CT molecular complexity index is 678. The highest BCUT2D eigenvalue weighted by atomic mass is 79.9. The number of pyridine rings is 1. The first-order valence-corrected chi connectivity index (χ1v) is 6.78. The van der Waals surface area contributed by atoms with Gasteiger partial charge in [-0.25, -0.2) is 9.97 Å². The summed E-state index contributed by atoms with van der Waals surface area (Å²) in [5.74, 6) is 0.879. The summed E-state index contributed by atoms with van der Waals surface area (Å²) in [5.41, 5.74) is 2.94. The normalized spacial score (nSPS) is 10.8. The molecular formula is C14H12BrN3O. The third-order valence-corrected chi connectivity index (χ3v) is 3.31. The van der Waals surface area contributed by atoms with Crippen molar-refractivity contribution in [2.75, 3.05) is 11.9 Å². The number of benzene rings is 1. The molecule has 1 aromatic carbocycles. The molecule has 0 spiro atoms. The lowest BCUT2D eigenvalue weighted by Crippen LogP contribution is -2.05. The van der Waals surface area contributed by atoms with Crippen molar-refractivity contribution in [3.63, 3.8) is 0 Å². The number of halogens is 1. The Labute approximate surface area is 119 Å². The maximum absolute atomic E-state index is 5.29. The van der Waals surface area contributed by atoms with E-state index in [1.54, 1.807) is 6.20 Å². The maximum Gasteiger partial charge on any atom is 0.181 e. The molecule has 0 saturated heterocycles. The molecule has 0 amide bonds. The van der Waals surface area contributed by atoms with Gasteiger partial charge in [0.15, 0.2) is 12.0 Å². The lowest BCUT2D eigenvalue weighted by Gasteiger charge is -2.05. The third-order valence-electron chi connectivity index (χ3n) is 2.84. The summed E-state index contributed by atoms with van der Waals surface area (Å²) >= 11 is 3.36. The van der Waals surface area contributed by atoms with Crippen LogP contribution in [0, 0.1) is 0 Å². The largest absolute Gasteiger partial charge is 0.443 e. The number of nitrogens with zero attached hydrogens (tertiary/aromatic N) is 2. The number of aromatic nitrogens is 2. The van der Waals surface area contributed by atoms with Crippen LogP contribution >= 0.6 is 15.9 Å². The molecule has 0 aliphatic carbocycles. The molecule has 0 bridgehead atoms. The van der Waals surface area contributed by atoms with Crippen LogP contribution in [0.1, 0.15) is 5.56 Å². The van der Waals surface area contributed by atoms with Crippen LogP contribution in [0.15, 0.2) is 51.8 Å². The van der Waals surface area contributed by atoms with Crippen LogP contribution < -0.4 is 5.32 Å². The molecule has 3 aromatic rings. The average molecular weight is 318 g/mol. The van der Waals surface area contributed by atoms with Gasteiger partial charge in [-0.1, -0.05) is 6.07 Å². The summed E-state index contributed by atoms with van der Waals surface area (Å²) in [6.07, 6.45) is 4.16. The van der Waals surface area contributed by atoms with Crippen molar-refractivity contribution in [2.24, 2.45) is 0 Å². The molecule has 19 heavy (non-hydrogen) atoms. The molecule has 4 nitrogen and oxygen atoms in total. The van der Waals surface area contributed by atoms with Crippen molar-refractivity contribution in [1.29, 1.82) is 0 Å². The van der Waals surface area contributed by atoms with Gasteiger partial charge in [-0.2, -0.15) is 0 Å². The third kappa shape index (κ3) is 2.93. The van der Waals surface area contributed by atoms with Gasteiger partial charge < -0.3 is 9.73 Å². The van der Waals surface area contributed by atoms with Gasteiger partial charge in [0.2, 0.25) is 0 Å². The second-order valence-corrected chi connectivity index (χ2v) is 5.11. The van der Waals surface area contributed by atoms with E-state index in [4.69, 9.17) is 4.42 Å². The van der Waals surface area contributed by atoms with Gasteiger partial charge in [-0.15, -0.1) is 0 Å². The predicted octanol–water partition coefficient (Wildman–Crippen LogP) is 3.64. The molecule has 5 heteroatoms. The highest BCUT2D eigenvalue weighted by Gasteiger charge is 2.00. The Kier molecular flexibility index (Phi) is 3.46. The number of nitrogens with one attached hydrogen (secondary N) is 1. The fourth-order valence-electron chi connectivity index (χ4n) is 1.87. The first-order chi connectivity index (χ1) is 9.31. The predicted molar refractivity (Wildman–Crippen MR) is 78.1 cm³/mol. The summed E-state index contributed by atoms with van der Waals surface area (Å²) < 4.78 is 6.27. The van der Waals surface area contributed by atoms with Gasteiger partial charge in [-0.3, -0.25) is 0 Å². The van der Waals surface area contributed by atoms with Gasteiger partial charge in [0.05, 0.1) is 0 Å². The van der Waals surface area contributed by atoms with Crippen molar-refractivity contribution < 1.29 is 4.42 Å². The first-order valence-electron chi connectivity index (χ1n) is 5.99. The fraction of sp³-hybridized carbons (Fsp3) is 0.143. The van der Waals surface area contributed by atoms with E-state index < -0.39 is 0 Å². The summed E-state index contributed by atoms with van der Waals surface area (Å²) in [6, 6.07) is 9.99. The van der Waals surface area contributed by atoms with Gasteiger partial charge in [0.1, 0.15) is 11.3 Å². The molecular weight excluding hydrogens is 306 g/mol. The zero-order valence-electron chi connectivity index (χ0n) is 10.1. The molecule has 0 unspecified atom stereocenters. The lowest BCUT2D eigenvalue weighted by atomic mass is 10.1. The molecule has 3 rings (SSSR count). The van der Waals surface area contributed by atoms with E-state index in [0.29, 0.717) is 0 Å². The van der Waals surface area contributed by atoms with Crippen molar-refractivity contribution in [2.45, 2.75) is 6.42 Å². The number of fused-ring (bicyclic) bond motifs is 1. The van der Waals surface area contributed by atoms with Crippen LogP contribution in [0.2, 0.25) is 0 Å². The molecule has 0 atom stereocenters. The lowest BCUT2D eigenvalue weighted by molar-refractivity contribution is 0.601. The van der Waals surface area contributed by atoms with Crippen molar-refractivity contribution >= 4 is 32.8 Å². The Balaban J connectivity index is 1.61. The number of hydrogen-bond acceptors (Lipinski definition) is 4. The second-order valence-electron chi connectivity index (χ2n) is 4.19. The number of oxazole rings is 1. The smallest absolute Gasteiger partial charge is 0.181 e. The van der Waals surface area contributed by atoms with Crippen LogP contribution in [0.25, 0.3) is 11.1 Å². The molecule has 0 fully saturated rings. The quantitative estimate of drug-likeness (QED) is 0.798. The highest BCUT2D eigenvalue weighted by Crippen LogP contribution is 2.15. The zero-order valence-corrected chi connectivity index (χ0v) is 11.7. The highest BCUT2D eigenvalue weighted by molar-refractivity contribution is 9.10. The van der Waals surface area contributed by atoms with Gasteiger partial charge in [-0.05, 0) is 52.2 Å². The molecule has 2 heterocycles. The molecule has 2 aromatic heterocycles. The van der Waals surface area contributed by atoms with E-state index in [1.165, 1.54) is 12.0 Å². The Hall–Kier alpha value is -1.88. The number of hydrogen-bond donors (Lipinski definition) is 1. The summed E-state index contributed by atoms with van der Waals surface area (Å²) in [6.45, 7) is 0.828. The van der Waals surface area contributed by atoms with Crippen LogP contribution in [0.3, 0.4) is 0 Å². The van der Waals surface area contributed by atoms with E-state index >= 15 is 0 Å². The van der Waals surface area contributed by atoms with E-state index in [1.807, 2.05) is 24.3 Å². The maximum atomic E-state index is 5.29. The summed E-state index contributed by atoms with van der Waals surface area (Å²) in [5, 5.41) is 3.28. The minimum atomic E-state index is 0.828. The fourth-order valence-corrected chi connectivity index (χ4v) is 2.10. The van der Waals surface area contributed by atoms with E-state index in [2.05, 4.69) is 37.3 Å². The average Bonchev–Trinajstić information content (AvgIpc) is 2.88. The Morgan fingerprint density at radius 3 is 2.95 bits per heavy atom. The molecule has 0 aliphatic heterocycles. The van der Waals surface area contributed by atoms with Gasteiger partial charge in [0, 0.05) is 17.2 Å². The number of rotatable bonds is 4. The van der Waals surface area contributed by atoms with E-state index in [0.717, 1.165) is 34.4 Å². The zero-order chi connectivity index (χ0) is 13.1. The molecule has 0 saturated carbocycles. The van der Waals surface area contributed by atoms with Crippen LogP contribution in [-0.2, 0) is 6.42 Å². The SMILES string of the molecule is Brc1ccc(NCCc2ccc3ncoc3c2)nc1. The molecule has 0 radical (unpaired) electrons. The van der Waals surface area contributed by atoms with Crippen molar-refractivity contribution in [1.82, 2.24) is 9.97 Å². The monoisotopic (exact) mass is 317 g/mol. The topological polar surface area (TPSA) is 51.0 Å². The summed E-state index contributed by atoms with van der Waals surface area (Å²) in [4.78, 5) is 8.36. The van der Waals surface area contributed by atoms with Gasteiger partial charge >= 0.3 is 0 Å². The standard InChI is InChI=1S/C14H12BrN3O/c15-11-2-4-14(17-8-11)16-6-5-10-1-3-12-13(7-10)19-9-18-12/h1-4,7-9H,5-6H2,(H,16,17). The van der Waals surface area contributed by atoms with Crippen LogP contribution in [0.5, 0.6) is 0 Å².